The van der Waals surface area contributed by atoms with Gasteiger partial charge in [-0.05, 0) is 50.1 Å². The quantitative estimate of drug-likeness (QED) is 0.687. The SMILES string of the molecule is CCN1CCCc2c1nnn2-c1cc(Cl)ccc1NS(=O)(=O)c1ccccc1. The zero-order valence-electron chi connectivity index (χ0n) is 15.3. The van der Waals surface area contributed by atoms with Crippen LogP contribution in [0.1, 0.15) is 19.0 Å². The summed E-state index contributed by atoms with van der Waals surface area (Å²) >= 11 is 6.21. The standard InChI is InChI=1S/C19H20ClN5O2S/c1-2-24-12-6-9-17-19(24)21-23-25(17)18-13-14(20)10-11-16(18)22-28(26,27)15-7-4-3-5-8-15/h3-5,7-8,10-11,13,22H,2,6,9,12H2,1H3. The summed E-state index contributed by atoms with van der Waals surface area (Å²) in [6, 6.07) is 13.2. The molecule has 1 aliphatic heterocycles. The average Bonchev–Trinajstić information content (AvgIpc) is 3.14. The summed E-state index contributed by atoms with van der Waals surface area (Å²) in [4.78, 5) is 2.36. The molecule has 1 aromatic heterocycles. The van der Waals surface area contributed by atoms with Crippen LogP contribution >= 0.6 is 11.6 Å². The molecule has 2 heterocycles. The molecule has 4 rings (SSSR count). The monoisotopic (exact) mass is 417 g/mol. The second kappa shape index (κ2) is 7.44. The number of nitrogens with one attached hydrogen (secondary N) is 1. The molecule has 1 N–H and O–H groups in total. The van der Waals surface area contributed by atoms with Crippen molar-refractivity contribution in [2.75, 3.05) is 22.7 Å². The molecule has 0 saturated heterocycles. The number of fused-ring (bicyclic) bond motifs is 1. The van der Waals surface area contributed by atoms with Crippen molar-refractivity contribution < 1.29 is 8.42 Å². The van der Waals surface area contributed by atoms with Gasteiger partial charge >= 0.3 is 0 Å². The summed E-state index contributed by atoms with van der Waals surface area (Å²) in [7, 11) is -3.74. The van der Waals surface area contributed by atoms with E-state index in [0.29, 0.717) is 16.4 Å². The van der Waals surface area contributed by atoms with Crippen molar-refractivity contribution in [2.45, 2.75) is 24.7 Å². The highest BCUT2D eigenvalue weighted by Gasteiger charge is 2.25. The van der Waals surface area contributed by atoms with Crippen LogP contribution in [-0.4, -0.2) is 36.5 Å². The number of rotatable bonds is 5. The smallest absolute Gasteiger partial charge is 0.261 e. The third-order valence-corrected chi connectivity index (χ3v) is 6.37. The maximum Gasteiger partial charge on any atom is 0.261 e. The molecule has 0 atom stereocenters. The number of aromatic nitrogens is 3. The van der Waals surface area contributed by atoms with Gasteiger partial charge < -0.3 is 4.90 Å². The van der Waals surface area contributed by atoms with Crippen LogP contribution in [0.15, 0.2) is 53.4 Å². The Kier molecular flexibility index (Phi) is 4.99. The van der Waals surface area contributed by atoms with E-state index < -0.39 is 10.0 Å². The zero-order valence-corrected chi connectivity index (χ0v) is 16.9. The lowest BCUT2D eigenvalue weighted by atomic mass is 10.1. The molecule has 2 aromatic carbocycles. The Balaban J connectivity index is 1.78. The van der Waals surface area contributed by atoms with E-state index in [4.69, 9.17) is 11.6 Å². The summed E-state index contributed by atoms with van der Waals surface area (Å²) in [6.45, 7) is 3.85. The van der Waals surface area contributed by atoms with Crippen molar-refractivity contribution in [1.29, 1.82) is 0 Å². The van der Waals surface area contributed by atoms with E-state index in [1.165, 1.54) is 0 Å². The van der Waals surface area contributed by atoms with E-state index >= 15 is 0 Å². The number of hydrogen-bond acceptors (Lipinski definition) is 5. The van der Waals surface area contributed by atoms with Crippen molar-refractivity contribution in [3.05, 3.63) is 59.2 Å². The van der Waals surface area contributed by atoms with Crippen LogP contribution in [0.2, 0.25) is 5.02 Å². The lowest BCUT2D eigenvalue weighted by Crippen LogP contribution is -2.29. The second-order valence-corrected chi connectivity index (χ2v) is 8.65. The van der Waals surface area contributed by atoms with Gasteiger partial charge in [-0.1, -0.05) is 35.0 Å². The lowest BCUT2D eigenvalue weighted by Gasteiger charge is -2.26. The largest absolute Gasteiger partial charge is 0.354 e. The number of anilines is 2. The predicted octanol–water partition coefficient (Wildman–Crippen LogP) is 3.49. The van der Waals surface area contributed by atoms with Crippen molar-refractivity contribution in [1.82, 2.24) is 15.0 Å². The van der Waals surface area contributed by atoms with Gasteiger partial charge in [0.15, 0.2) is 5.82 Å². The van der Waals surface area contributed by atoms with Crippen molar-refractivity contribution >= 4 is 33.1 Å². The first kappa shape index (κ1) is 18.8. The first-order valence-corrected chi connectivity index (χ1v) is 10.9. The summed E-state index contributed by atoms with van der Waals surface area (Å²) < 4.78 is 29.9. The highest BCUT2D eigenvalue weighted by Crippen LogP contribution is 2.31. The minimum absolute atomic E-state index is 0.189. The van der Waals surface area contributed by atoms with Crippen LogP contribution in [-0.2, 0) is 16.4 Å². The maximum atomic E-state index is 12.8. The first-order valence-electron chi connectivity index (χ1n) is 9.07. The molecule has 0 bridgehead atoms. The molecule has 0 aliphatic carbocycles. The minimum Gasteiger partial charge on any atom is -0.354 e. The molecular formula is C19H20ClN5O2S. The van der Waals surface area contributed by atoms with Gasteiger partial charge in [0.05, 0.1) is 22.0 Å². The maximum absolute atomic E-state index is 12.8. The van der Waals surface area contributed by atoms with Gasteiger partial charge in [0, 0.05) is 18.1 Å². The fourth-order valence-corrected chi connectivity index (χ4v) is 4.63. The van der Waals surface area contributed by atoms with Gasteiger partial charge in [0.1, 0.15) is 0 Å². The highest BCUT2D eigenvalue weighted by molar-refractivity contribution is 7.92. The van der Waals surface area contributed by atoms with Crippen molar-refractivity contribution in [3.8, 4) is 5.69 Å². The molecule has 0 radical (unpaired) electrons. The molecule has 7 nitrogen and oxygen atoms in total. The summed E-state index contributed by atoms with van der Waals surface area (Å²) in [5.74, 6) is 0.839. The number of benzene rings is 2. The Hall–Kier alpha value is -2.58. The van der Waals surface area contributed by atoms with Crippen LogP contribution in [0.25, 0.3) is 5.69 Å². The van der Waals surface area contributed by atoms with Gasteiger partial charge in [-0.3, -0.25) is 4.72 Å². The first-order chi connectivity index (χ1) is 13.5. The van der Waals surface area contributed by atoms with Gasteiger partial charge in [-0.25, -0.2) is 13.1 Å². The van der Waals surface area contributed by atoms with Gasteiger partial charge in [0.25, 0.3) is 10.0 Å². The molecule has 9 heteroatoms. The number of nitrogens with zero attached hydrogens (tertiary/aromatic N) is 4. The topological polar surface area (TPSA) is 80.1 Å². The fraction of sp³-hybridized carbons (Fsp3) is 0.263. The van der Waals surface area contributed by atoms with Crippen molar-refractivity contribution in [3.63, 3.8) is 0 Å². The van der Waals surface area contributed by atoms with Gasteiger partial charge in [-0.15, -0.1) is 5.10 Å². The molecule has 1 aliphatic rings. The van der Waals surface area contributed by atoms with Crippen molar-refractivity contribution in [2.24, 2.45) is 0 Å². The fourth-order valence-electron chi connectivity index (χ4n) is 3.37. The zero-order chi connectivity index (χ0) is 19.7. The molecule has 28 heavy (non-hydrogen) atoms. The lowest BCUT2D eigenvalue weighted by molar-refractivity contribution is 0.601. The number of hydrogen-bond donors (Lipinski definition) is 1. The average molecular weight is 418 g/mol. The summed E-state index contributed by atoms with van der Waals surface area (Å²) in [5, 5.41) is 9.12. The Morgan fingerprint density at radius 2 is 1.96 bits per heavy atom. The van der Waals surface area contributed by atoms with E-state index in [2.05, 4.69) is 26.9 Å². The Bertz CT molecular complexity index is 1100. The second-order valence-electron chi connectivity index (χ2n) is 6.53. The van der Waals surface area contributed by atoms with Crippen LogP contribution in [0, 0.1) is 0 Å². The summed E-state index contributed by atoms with van der Waals surface area (Å²) in [6.07, 6.45) is 1.80. The van der Waals surface area contributed by atoms with E-state index in [1.807, 2.05) is 0 Å². The van der Waals surface area contributed by atoms with E-state index in [0.717, 1.165) is 37.4 Å². The highest BCUT2D eigenvalue weighted by atomic mass is 35.5. The summed E-state index contributed by atoms with van der Waals surface area (Å²) in [5.41, 5.74) is 1.91. The molecular weight excluding hydrogens is 398 g/mol. The predicted molar refractivity (Wildman–Crippen MR) is 110 cm³/mol. The minimum atomic E-state index is -3.74. The normalized spacial score (nSPS) is 14.0. The molecule has 0 unspecified atom stereocenters. The third kappa shape index (κ3) is 3.45. The van der Waals surface area contributed by atoms with Gasteiger partial charge in [0.2, 0.25) is 0 Å². The molecule has 0 spiro atoms. The van der Waals surface area contributed by atoms with Crippen LogP contribution in [0.3, 0.4) is 0 Å². The number of sulfonamides is 1. The van der Waals surface area contributed by atoms with Crippen LogP contribution in [0.4, 0.5) is 11.5 Å². The molecule has 146 valence electrons. The Morgan fingerprint density at radius 3 is 2.71 bits per heavy atom. The molecule has 0 saturated carbocycles. The van der Waals surface area contributed by atoms with Crippen LogP contribution < -0.4 is 9.62 Å². The Morgan fingerprint density at radius 1 is 1.18 bits per heavy atom. The van der Waals surface area contributed by atoms with Crippen LogP contribution in [0.5, 0.6) is 0 Å². The Labute approximate surface area is 169 Å². The van der Waals surface area contributed by atoms with Gasteiger partial charge in [-0.2, -0.15) is 0 Å². The molecule has 0 amide bonds. The van der Waals surface area contributed by atoms with E-state index in [9.17, 15) is 8.42 Å². The number of halogens is 1. The third-order valence-electron chi connectivity index (χ3n) is 4.75. The molecule has 0 fully saturated rings. The molecule has 3 aromatic rings. The van der Waals surface area contributed by atoms with E-state index in [1.54, 1.807) is 53.2 Å². The van der Waals surface area contributed by atoms with E-state index in [-0.39, 0.29) is 4.90 Å².